The highest BCUT2D eigenvalue weighted by molar-refractivity contribution is 7.99. The zero-order valence-electron chi connectivity index (χ0n) is 13.9. The highest BCUT2D eigenvalue weighted by atomic mass is 32.2. The lowest BCUT2D eigenvalue weighted by Gasteiger charge is -2.18. The Morgan fingerprint density at radius 3 is 2.68 bits per heavy atom. The first kappa shape index (κ1) is 17.5. The van der Waals surface area contributed by atoms with Crippen LogP contribution in [0, 0.1) is 0 Å². The van der Waals surface area contributed by atoms with Gasteiger partial charge in [0.15, 0.2) is 5.16 Å². The lowest BCUT2D eigenvalue weighted by molar-refractivity contribution is -0.126. The topological polar surface area (TPSA) is 93.1 Å². The second-order valence-corrected chi connectivity index (χ2v) is 6.99. The molecule has 2 aromatic rings. The molecule has 0 aliphatic heterocycles. The number of amides is 2. The van der Waals surface area contributed by atoms with Crippen LogP contribution >= 0.6 is 11.8 Å². The highest BCUT2D eigenvalue weighted by Gasteiger charge is 2.23. The summed E-state index contributed by atoms with van der Waals surface area (Å²) in [5.74, 6) is -0.622. The summed E-state index contributed by atoms with van der Waals surface area (Å²) in [6.45, 7) is 1.32. The zero-order valence-corrected chi connectivity index (χ0v) is 14.8. The van der Waals surface area contributed by atoms with E-state index < -0.39 is 0 Å². The van der Waals surface area contributed by atoms with Gasteiger partial charge >= 0.3 is 0 Å². The Morgan fingerprint density at radius 2 is 1.96 bits per heavy atom. The van der Waals surface area contributed by atoms with Crippen LogP contribution in [0.5, 0.6) is 0 Å². The minimum atomic E-state index is -0.347. The predicted molar refractivity (Wildman–Crippen MR) is 96.2 cm³/mol. The van der Waals surface area contributed by atoms with Crippen LogP contribution < -0.4 is 16.4 Å². The summed E-state index contributed by atoms with van der Waals surface area (Å²) in [7, 11) is 0. The lowest BCUT2D eigenvalue weighted by atomic mass is 10.2. The number of para-hydroxylation sites is 1. The SMILES string of the molecule is CC(=O)NNC(=O)CSc1nc2ccccc2c(=O)n1C1CCCC1. The molecule has 0 saturated heterocycles. The first-order valence-corrected chi connectivity index (χ1v) is 9.24. The number of hydrogen-bond donors (Lipinski definition) is 2. The molecule has 3 rings (SSSR count). The third-order valence-electron chi connectivity index (χ3n) is 4.18. The van der Waals surface area contributed by atoms with Crippen LogP contribution in [-0.4, -0.2) is 27.1 Å². The maximum absolute atomic E-state index is 12.9. The van der Waals surface area contributed by atoms with Gasteiger partial charge in [0.1, 0.15) is 0 Å². The predicted octanol–water partition coefficient (Wildman–Crippen LogP) is 1.77. The summed E-state index contributed by atoms with van der Waals surface area (Å²) >= 11 is 1.21. The average Bonchev–Trinajstić information content (AvgIpc) is 3.12. The summed E-state index contributed by atoms with van der Waals surface area (Å²) < 4.78 is 1.74. The lowest BCUT2D eigenvalue weighted by Crippen LogP contribution is -2.41. The third kappa shape index (κ3) is 4.01. The van der Waals surface area contributed by atoms with Crippen LogP contribution in [0.4, 0.5) is 0 Å². The number of nitrogens with zero attached hydrogens (tertiary/aromatic N) is 2. The molecule has 1 aromatic carbocycles. The zero-order chi connectivity index (χ0) is 17.8. The maximum Gasteiger partial charge on any atom is 0.262 e. The van der Waals surface area contributed by atoms with E-state index in [4.69, 9.17) is 0 Å². The van der Waals surface area contributed by atoms with E-state index in [-0.39, 0.29) is 29.2 Å². The quantitative estimate of drug-likeness (QED) is 0.492. The molecule has 25 heavy (non-hydrogen) atoms. The van der Waals surface area contributed by atoms with Crippen molar-refractivity contribution in [1.29, 1.82) is 0 Å². The molecule has 1 saturated carbocycles. The smallest absolute Gasteiger partial charge is 0.262 e. The van der Waals surface area contributed by atoms with Crippen LogP contribution in [0.3, 0.4) is 0 Å². The molecule has 2 amide bonds. The Morgan fingerprint density at radius 1 is 1.24 bits per heavy atom. The summed E-state index contributed by atoms with van der Waals surface area (Å²) in [5.41, 5.74) is 5.15. The molecular weight excluding hydrogens is 340 g/mol. The van der Waals surface area contributed by atoms with Crippen molar-refractivity contribution in [1.82, 2.24) is 20.4 Å². The van der Waals surface area contributed by atoms with Gasteiger partial charge in [-0.2, -0.15) is 0 Å². The van der Waals surface area contributed by atoms with Gasteiger partial charge < -0.3 is 0 Å². The number of aromatic nitrogens is 2. The fraction of sp³-hybridized carbons (Fsp3) is 0.412. The van der Waals surface area contributed by atoms with Crippen molar-refractivity contribution in [2.75, 3.05) is 5.75 Å². The van der Waals surface area contributed by atoms with Crippen molar-refractivity contribution < 1.29 is 9.59 Å². The first-order chi connectivity index (χ1) is 12.1. The minimum absolute atomic E-state index is 0.0535. The van der Waals surface area contributed by atoms with Crippen LogP contribution in [-0.2, 0) is 9.59 Å². The number of carbonyl (C=O) groups is 2. The van der Waals surface area contributed by atoms with E-state index in [1.165, 1.54) is 18.7 Å². The van der Waals surface area contributed by atoms with E-state index in [9.17, 15) is 14.4 Å². The van der Waals surface area contributed by atoms with Gasteiger partial charge in [0.2, 0.25) is 11.8 Å². The molecule has 1 heterocycles. The van der Waals surface area contributed by atoms with E-state index in [2.05, 4.69) is 15.8 Å². The van der Waals surface area contributed by atoms with E-state index in [1.54, 1.807) is 16.7 Å². The van der Waals surface area contributed by atoms with Gasteiger partial charge in [0.25, 0.3) is 5.56 Å². The van der Waals surface area contributed by atoms with Gasteiger partial charge in [-0.25, -0.2) is 4.98 Å². The Labute approximate surface area is 149 Å². The number of carbonyl (C=O) groups excluding carboxylic acids is 2. The monoisotopic (exact) mass is 360 g/mol. The normalized spacial score (nSPS) is 14.6. The van der Waals surface area contributed by atoms with E-state index in [0.717, 1.165) is 25.7 Å². The summed E-state index contributed by atoms with van der Waals surface area (Å²) in [6.07, 6.45) is 4.09. The number of hydrazine groups is 1. The molecule has 2 N–H and O–H groups in total. The molecule has 0 unspecified atom stereocenters. The van der Waals surface area contributed by atoms with Crippen molar-refractivity contribution in [2.24, 2.45) is 0 Å². The van der Waals surface area contributed by atoms with E-state index in [1.807, 2.05) is 12.1 Å². The Bertz CT molecular complexity index is 859. The fourth-order valence-corrected chi connectivity index (χ4v) is 3.90. The van der Waals surface area contributed by atoms with Crippen molar-refractivity contribution in [3.05, 3.63) is 34.6 Å². The number of benzene rings is 1. The number of hydrogen-bond acceptors (Lipinski definition) is 5. The largest absolute Gasteiger partial charge is 0.284 e. The summed E-state index contributed by atoms with van der Waals surface area (Å²) in [6, 6.07) is 7.39. The molecular formula is C17H20N4O3S. The van der Waals surface area contributed by atoms with Crippen molar-refractivity contribution in [3.8, 4) is 0 Å². The van der Waals surface area contributed by atoms with Crippen molar-refractivity contribution in [3.63, 3.8) is 0 Å². The number of thioether (sulfide) groups is 1. The third-order valence-corrected chi connectivity index (χ3v) is 5.13. The van der Waals surface area contributed by atoms with Gasteiger partial charge in [-0.3, -0.25) is 29.8 Å². The molecule has 1 aromatic heterocycles. The first-order valence-electron chi connectivity index (χ1n) is 8.26. The fourth-order valence-electron chi connectivity index (χ4n) is 3.04. The highest BCUT2D eigenvalue weighted by Crippen LogP contribution is 2.32. The Balaban J connectivity index is 1.89. The Kier molecular flexibility index (Phi) is 5.37. The molecule has 0 spiro atoms. The van der Waals surface area contributed by atoms with Crippen LogP contribution in [0.2, 0.25) is 0 Å². The second-order valence-electron chi connectivity index (χ2n) is 6.04. The molecule has 8 heteroatoms. The molecule has 1 fully saturated rings. The van der Waals surface area contributed by atoms with Crippen LogP contribution in [0.1, 0.15) is 38.6 Å². The van der Waals surface area contributed by atoms with Crippen LogP contribution in [0.25, 0.3) is 10.9 Å². The average molecular weight is 360 g/mol. The van der Waals surface area contributed by atoms with Crippen molar-refractivity contribution in [2.45, 2.75) is 43.8 Å². The number of nitrogens with one attached hydrogen (secondary N) is 2. The number of rotatable bonds is 4. The van der Waals surface area contributed by atoms with Gasteiger partial charge in [-0.05, 0) is 25.0 Å². The number of fused-ring (bicyclic) bond motifs is 1. The Hall–Kier alpha value is -2.35. The summed E-state index contributed by atoms with van der Waals surface area (Å²) in [5, 5.41) is 1.15. The molecule has 0 radical (unpaired) electrons. The second kappa shape index (κ2) is 7.69. The molecule has 1 aliphatic rings. The standard InChI is InChI=1S/C17H20N4O3S/c1-11(22)19-20-15(23)10-25-17-18-14-9-5-4-8-13(14)16(24)21(17)12-6-2-3-7-12/h4-5,8-9,12H,2-3,6-7,10H2,1H3,(H,19,22)(H,20,23). The van der Waals surface area contributed by atoms with E-state index >= 15 is 0 Å². The van der Waals surface area contributed by atoms with Gasteiger partial charge in [0, 0.05) is 13.0 Å². The van der Waals surface area contributed by atoms with E-state index in [0.29, 0.717) is 16.1 Å². The molecule has 132 valence electrons. The van der Waals surface area contributed by atoms with Crippen LogP contribution in [0.15, 0.2) is 34.2 Å². The van der Waals surface area contributed by atoms with Gasteiger partial charge in [-0.15, -0.1) is 0 Å². The van der Waals surface area contributed by atoms with Crippen molar-refractivity contribution >= 4 is 34.5 Å². The molecule has 1 aliphatic carbocycles. The molecule has 7 nitrogen and oxygen atoms in total. The summed E-state index contributed by atoms with van der Waals surface area (Å²) in [4.78, 5) is 40.2. The van der Waals surface area contributed by atoms with Gasteiger partial charge in [-0.1, -0.05) is 36.7 Å². The van der Waals surface area contributed by atoms with Gasteiger partial charge in [0.05, 0.1) is 16.7 Å². The minimum Gasteiger partial charge on any atom is -0.284 e. The molecule has 0 atom stereocenters. The molecule has 0 bridgehead atoms. The maximum atomic E-state index is 12.9.